The zero-order valence-electron chi connectivity index (χ0n) is 59.7. The van der Waals surface area contributed by atoms with Gasteiger partial charge in [-0.1, -0.05) is 111 Å². The van der Waals surface area contributed by atoms with Crippen molar-refractivity contribution in [1.82, 2.24) is 55.6 Å². The van der Waals surface area contributed by atoms with Gasteiger partial charge in [-0.25, -0.2) is 8.78 Å². The molecule has 2 aromatic rings. The number of carbonyl (C=O) groups is 11. The van der Waals surface area contributed by atoms with Crippen molar-refractivity contribution in [2.45, 2.75) is 232 Å². The Balaban J connectivity index is 1.43. The van der Waals surface area contributed by atoms with E-state index in [1.54, 1.807) is 38.1 Å². The van der Waals surface area contributed by atoms with Gasteiger partial charge in [-0.15, -0.1) is 0 Å². The van der Waals surface area contributed by atoms with Crippen LogP contribution in [0.25, 0.3) is 0 Å². The Bertz CT molecular complexity index is 3210. The number of likely N-dealkylation sites (N-methyl/N-ethyl adjacent to an activating group) is 5. The summed E-state index contributed by atoms with van der Waals surface area (Å²) in [7, 11) is 7.06. The van der Waals surface area contributed by atoms with Crippen LogP contribution in [-0.4, -0.2) is 214 Å². The molecule has 6 rings (SSSR count). The fourth-order valence-electron chi connectivity index (χ4n) is 13.9. The third-order valence-electron chi connectivity index (χ3n) is 20.4. The first-order chi connectivity index (χ1) is 45.9. The van der Waals surface area contributed by atoms with E-state index in [2.05, 4.69) is 21.3 Å². The highest BCUT2D eigenvalue weighted by atomic mass is 19.4. The zero-order chi connectivity index (χ0) is 73.2. The van der Waals surface area contributed by atoms with Crippen molar-refractivity contribution in [3.63, 3.8) is 0 Å². The second kappa shape index (κ2) is 33.9. The Hall–Kier alpha value is -7.74. The molecule has 27 heteroatoms. The molecular formula is C71H104F5N11O11. The molecule has 3 heterocycles. The molecule has 3 aliphatic heterocycles. The van der Waals surface area contributed by atoms with Crippen molar-refractivity contribution in [3.8, 4) is 0 Å². The molecule has 4 fully saturated rings. The number of fused-ring (bicyclic) bond motifs is 2. The van der Waals surface area contributed by atoms with E-state index in [0.717, 1.165) is 10.5 Å². The molecule has 4 N–H and O–H groups in total. The van der Waals surface area contributed by atoms with Crippen molar-refractivity contribution >= 4 is 65.0 Å². The summed E-state index contributed by atoms with van der Waals surface area (Å²) in [6.45, 7) is 17.5. The predicted molar refractivity (Wildman–Crippen MR) is 357 cm³/mol. The Morgan fingerprint density at radius 1 is 0.602 bits per heavy atom. The average Bonchev–Trinajstić information content (AvgIpc) is 1.29. The Labute approximate surface area is 573 Å². The maximum atomic E-state index is 15.3. The molecular weight excluding hydrogens is 1280 g/mol. The van der Waals surface area contributed by atoms with Crippen molar-refractivity contribution in [2.24, 2.45) is 23.7 Å². The first-order valence-electron chi connectivity index (χ1n) is 34.6. The summed E-state index contributed by atoms with van der Waals surface area (Å²) in [6, 6.07) is -2.64. The van der Waals surface area contributed by atoms with Crippen LogP contribution in [0, 0.1) is 42.2 Å². The van der Waals surface area contributed by atoms with Crippen molar-refractivity contribution in [2.75, 3.05) is 54.9 Å². The Morgan fingerprint density at radius 2 is 1.19 bits per heavy atom. The zero-order valence-corrected chi connectivity index (χ0v) is 59.7. The van der Waals surface area contributed by atoms with Gasteiger partial charge in [0.25, 0.3) is 0 Å². The number of halogens is 5. The Morgan fingerprint density at radius 3 is 1.74 bits per heavy atom. The molecule has 0 unspecified atom stereocenters. The summed E-state index contributed by atoms with van der Waals surface area (Å²) >= 11 is 0. The summed E-state index contributed by atoms with van der Waals surface area (Å²) < 4.78 is 71.2. The fourth-order valence-corrected chi connectivity index (χ4v) is 13.9. The van der Waals surface area contributed by atoms with E-state index in [1.807, 2.05) is 48.5 Å². The molecule has 1 spiro atoms. The van der Waals surface area contributed by atoms with Gasteiger partial charge in [-0.05, 0) is 119 Å². The van der Waals surface area contributed by atoms with Gasteiger partial charge in [-0.3, -0.25) is 52.7 Å². The molecule has 1 aliphatic carbocycles. The molecule has 3 saturated heterocycles. The maximum Gasteiger partial charge on any atom is 0.422 e. The molecule has 0 aromatic heterocycles. The third kappa shape index (κ3) is 19.0. The van der Waals surface area contributed by atoms with Crippen LogP contribution in [0.1, 0.15) is 168 Å². The lowest BCUT2D eigenvalue weighted by Gasteiger charge is -2.45. The minimum Gasteiger partial charge on any atom is -0.351 e. The van der Waals surface area contributed by atoms with E-state index in [0.29, 0.717) is 49.8 Å². The number of carbonyl (C=O) groups excluding carboxylic acids is 11. The van der Waals surface area contributed by atoms with Crippen LogP contribution in [0.15, 0.2) is 36.4 Å². The van der Waals surface area contributed by atoms with Crippen molar-refractivity contribution in [3.05, 3.63) is 70.3 Å². The first-order valence-corrected chi connectivity index (χ1v) is 34.6. The molecule has 22 nitrogen and oxygen atoms in total. The monoisotopic (exact) mass is 1380 g/mol. The lowest BCUT2D eigenvalue weighted by Crippen LogP contribution is -2.65. The van der Waals surface area contributed by atoms with Crippen molar-refractivity contribution < 1.29 is 74.7 Å². The Kier molecular flexibility index (Phi) is 27.4. The van der Waals surface area contributed by atoms with Crippen molar-refractivity contribution in [1.29, 1.82) is 0 Å². The number of rotatable bonds is 13. The van der Waals surface area contributed by atoms with Gasteiger partial charge in [0, 0.05) is 67.2 Å². The van der Waals surface area contributed by atoms with Crippen LogP contribution >= 0.6 is 0 Å². The molecule has 11 amide bonds. The summed E-state index contributed by atoms with van der Waals surface area (Å²) in [4.78, 5) is 172. The molecule has 2 aromatic carbocycles. The van der Waals surface area contributed by atoms with Crippen LogP contribution < -0.4 is 21.3 Å². The van der Waals surface area contributed by atoms with E-state index in [4.69, 9.17) is 0 Å². The van der Waals surface area contributed by atoms with E-state index in [1.165, 1.54) is 71.6 Å². The first kappa shape index (κ1) is 79.2. The van der Waals surface area contributed by atoms with Gasteiger partial charge < -0.3 is 55.6 Å². The van der Waals surface area contributed by atoms with Gasteiger partial charge in [0.2, 0.25) is 65.0 Å². The van der Waals surface area contributed by atoms with E-state index >= 15 is 18.4 Å². The van der Waals surface area contributed by atoms with Gasteiger partial charge in [0.05, 0.1) is 6.54 Å². The average molecular weight is 1380 g/mol. The summed E-state index contributed by atoms with van der Waals surface area (Å²) in [5.74, 6) is -12.4. The SMILES string of the molecule is CC[C@H](C)[C@@H]1NC(=O)[C@H](CC(C)C)N(C)C(=O)C[C@@H](CC(C)C)NC(=O)[C@H]([C@@H](C)CC)N(C)C(=O)C2(CCCC2)NC(=O)[C@@H]2CCCN2C(=O)[C@H](CCc2cc(F)c(C(F)(F)F)c(F)c2)NC(=O)CN(C)C(=O)[C@H](Cc2ccc(C)cc2)N(C)C(=O)[C@@H]2CCN2C(=O)[C@H](C)N(C)C1=O. The topological polar surface area (TPSA) is 259 Å². The summed E-state index contributed by atoms with van der Waals surface area (Å²) in [6.07, 6.45) is -3.54. The predicted octanol–water partition coefficient (Wildman–Crippen LogP) is 6.32. The van der Waals surface area contributed by atoms with E-state index in [9.17, 15) is 56.3 Å². The highest BCUT2D eigenvalue weighted by Gasteiger charge is 2.51. The van der Waals surface area contributed by atoms with Gasteiger partial charge in [-0.2, -0.15) is 13.2 Å². The quantitative estimate of drug-likeness (QED) is 0.161. The second-order valence-electron chi connectivity index (χ2n) is 28.7. The highest BCUT2D eigenvalue weighted by molar-refractivity contribution is 6.00. The molecule has 0 radical (unpaired) electrons. The number of hydrogen-bond donors (Lipinski definition) is 4. The molecule has 1 saturated carbocycles. The number of amides is 11. The largest absolute Gasteiger partial charge is 0.422 e. The number of hydrogen-bond acceptors (Lipinski definition) is 11. The van der Waals surface area contributed by atoms with Gasteiger partial charge in [0.1, 0.15) is 71.1 Å². The highest BCUT2D eigenvalue weighted by Crippen LogP contribution is 2.36. The van der Waals surface area contributed by atoms with Gasteiger partial charge >= 0.3 is 6.18 Å². The molecule has 98 heavy (non-hydrogen) atoms. The molecule has 4 aliphatic rings. The van der Waals surface area contributed by atoms with E-state index in [-0.39, 0.29) is 81.9 Å². The molecule has 0 bridgehead atoms. The smallest absolute Gasteiger partial charge is 0.351 e. The summed E-state index contributed by atoms with van der Waals surface area (Å²) in [5, 5.41) is 11.6. The van der Waals surface area contributed by atoms with Crippen LogP contribution in [0.4, 0.5) is 22.0 Å². The molecule has 544 valence electrons. The third-order valence-corrected chi connectivity index (χ3v) is 20.4. The van der Waals surface area contributed by atoms with Crippen LogP contribution in [0.3, 0.4) is 0 Å². The normalized spacial score (nSPS) is 26.3. The van der Waals surface area contributed by atoms with Crippen LogP contribution in [-0.2, 0) is 71.8 Å². The maximum absolute atomic E-state index is 15.3. The number of nitrogens with one attached hydrogen (secondary N) is 4. The second-order valence-corrected chi connectivity index (χ2v) is 28.7. The van der Waals surface area contributed by atoms with Gasteiger partial charge in [0.15, 0.2) is 0 Å². The van der Waals surface area contributed by atoms with Crippen LogP contribution in [0.2, 0.25) is 0 Å². The minimum absolute atomic E-state index is 0.0543. The molecule has 11 atom stereocenters. The van der Waals surface area contributed by atoms with Crippen LogP contribution in [0.5, 0.6) is 0 Å². The number of aryl methyl sites for hydroxylation is 2. The fraction of sp³-hybridized carbons (Fsp3) is 0.676. The summed E-state index contributed by atoms with van der Waals surface area (Å²) in [5.41, 5.74) is -2.49. The van der Waals surface area contributed by atoms with E-state index < -0.39 is 179 Å². The standard InChI is InChI=1S/C71H104F5N11O11/c1-16-43(8)59-68(97)82(12)45(10)64(93)87-32-28-53(87)67(96)84(14)55(37-46-24-22-42(7)23-25-46)66(95)81(11)39-56(88)78-51(27-26-47-35-49(72)58(50(73)36-47)71(74,75)76)65(94)86-31-20-21-52(86)62(91)80-70(29-18-19-30-70)69(98)85(15)60(44(9)17-2)63(92)77-48(33-40(3)4)38-57(89)83(13)54(34-41(5)6)61(90)79-59/h22-25,35-36,40-41,43-45,48,51-55,59-60H,16-21,26-34,37-39H2,1-15H3,(H,77,92)(H,78,88)(H,79,90)(H,80,91)/t43-,44-,45-,48+,51-,52-,53-,54-,55-,59-,60-/m0/s1. The lowest BCUT2D eigenvalue weighted by molar-refractivity contribution is -0.160. The number of nitrogens with zero attached hydrogens (tertiary/aromatic N) is 7. The number of benzene rings is 2. The number of alkyl halides is 3. The lowest BCUT2D eigenvalue weighted by atomic mass is 9.90. The minimum atomic E-state index is -5.38.